The van der Waals surface area contributed by atoms with E-state index in [0.29, 0.717) is 11.7 Å². The SMILES string of the molecule is CCN(c1ccc(NC(=O)Cn2ccc(C(F)(F)F)n2)cc1)C(C)C. The van der Waals surface area contributed by atoms with Crippen molar-refractivity contribution in [3.8, 4) is 0 Å². The van der Waals surface area contributed by atoms with Crippen LogP contribution >= 0.6 is 0 Å². The summed E-state index contributed by atoms with van der Waals surface area (Å²) in [7, 11) is 0. The van der Waals surface area contributed by atoms with Crippen LogP contribution in [0.3, 0.4) is 0 Å². The Morgan fingerprint density at radius 1 is 1.24 bits per heavy atom. The van der Waals surface area contributed by atoms with Gasteiger partial charge in [0.05, 0.1) is 0 Å². The lowest BCUT2D eigenvalue weighted by molar-refractivity contribution is -0.141. The van der Waals surface area contributed by atoms with E-state index in [-0.39, 0.29) is 6.54 Å². The second kappa shape index (κ2) is 7.58. The zero-order valence-electron chi connectivity index (χ0n) is 14.3. The van der Waals surface area contributed by atoms with E-state index in [1.807, 2.05) is 12.1 Å². The molecular weight excluding hydrogens is 333 g/mol. The smallest absolute Gasteiger partial charge is 0.369 e. The Morgan fingerprint density at radius 3 is 2.36 bits per heavy atom. The number of hydrogen-bond acceptors (Lipinski definition) is 3. The number of nitrogens with one attached hydrogen (secondary N) is 1. The minimum Gasteiger partial charge on any atom is -0.369 e. The van der Waals surface area contributed by atoms with Gasteiger partial charge in [-0.3, -0.25) is 9.48 Å². The molecule has 0 radical (unpaired) electrons. The molecule has 0 aliphatic heterocycles. The number of carbonyl (C=O) groups excluding carboxylic acids is 1. The molecule has 0 aliphatic rings. The van der Waals surface area contributed by atoms with E-state index in [1.165, 1.54) is 0 Å². The number of carbonyl (C=O) groups is 1. The van der Waals surface area contributed by atoms with Crippen LogP contribution in [0, 0.1) is 0 Å². The van der Waals surface area contributed by atoms with Crippen LogP contribution in [-0.4, -0.2) is 28.3 Å². The number of aromatic nitrogens is 2. The van der Waals surface area contributed by atoms with Gasteiger partial charge >= 0.3 is 6.18 Å². The molecular formula is C17H21F3N4O. The van der Waals surface area contributed by atoms with E-state index >= 15 is 0 Å². The third kappa shape index (κ3) is 4.98. The Labute approximate surface area is 144 Å². The first kappa shape index (κ1) is 18.8. The number of amides is 1. The molecule has 1 heterocycles. The topological polar surface area (TPSA) is 50.2 Å². The second-order valence-electron chi connectivity index (χ2n) is 5.87. The van der Waals surface area contributed by atoms with Crippen molar-refractivity contribution < 1.29 is 18.0 Å². The van der Waals surface area contributed by atoms with Crippen molar-refractivity contribution in [1.29, 1.82) is 0 Å². The zero-order valence-corrected chi connectivity index (χ0v) is 14.3. The van der Waals surface area contributed by atoms with Gasteiger partial charge in [0, 0.05) is 30.2 Å². The number of hydrogen-bond donors (Lipinski definition) is 1. The predicted octanol–water partition coefficient (Wildman–Crippen LogP) is 3.78. The molecule has 0 fully saturated rings. The Kier molecular flexibility index (Phi) is 5.71. The zero-order chi connectivity index (χ0) is 18.6. The maximum Gasteiger partial charge on any atom is 0.435 e. The molecule has 25 heavy (non-hydrogen) atoms. The van der Waals surface area contributed by atoms with Gasteiger partial charge in [0.15, 0.2) is 5.69 Å². The lowest BCUT2D eigenvalue weighted by Crippen LogP contribution is -2.30. The quantitative estimate of drug-likeness (QED) is 0.859. The standard InChI is InChI=1S/C17H21F3N4O/c1-4-24(12(2)3)14-7-5-13(6-8-14)21-16(25)11-23-10-9-15(22-23)17(18,19)20/h5-10,12H,4,11H2,1-3H3,(H,21,25). The highest BCUT2D eigenvalue weighted by molar-refractivity contribution is 5.90. The largest absolute Gasteiger partial charge is 0.435 e. The van der Waals surface area contributed by atoms with Gasteiger partial charge in [-0.2, -0.15) is 18.3 Å². The van der Waals surface area contributed by atoms with Crippen LogP contribution in [0.1, 0.15) is 26.5 Å². The lowest BCUT2D eigenvalue weighted by Gasteiger charge is -2.27. The van der Waals surface area contributed by atoms with E-state index in [2.05, 4.69) is 36.1 Å². The fraction of sp³-hybridized carbons (Fsp3) is 0.412. The van der Waals surface area contributed by atoms with Gasteiger partial charge in [-0.05, 0) is 51.1 Å². The average molecular weight is 354 g/mol. The molecule has 0 aliphatic carbocycles. The molecule has 0 saturated carbocycles. The molecule has 5 nitrogen and oxygen atoms in total. The summed E-state index contributed by atoms with van der Waals surface area (Å²) in [6.07, 6.45) is -3.38. The molecule has 2 rings (SSSR count). The monoisotopic (exact) mass is 354 g/mol. The fourth-order valence-electron chi connectivity index (χ4n) is 2.53. The third-order valence-electron chi connectivity index (χ3n) is 3.68. The first-order valence-corrected chi connectivity index (χ1v) is 7.98. The summed E-state index contributed by atoms with van der Waals surface area (Å²) in [4.78, 5) is 14.2. The van der Waals surface area contributed by atoms with Crippen LogP contribution in [0.25, 0.3) is 0 Å². The molecule has 2 aromatic rings. The van der Waals surface area contributed by atoms with E-state index in [9.17, 15) is 18.0 Å². The highest BCUT2D eigenvalue weighted by atomic mass is 19.4. The molecule has 0 saturated heterocycles. The molecule has 8 heteroatoms. The van der Waals surface area contributed by atoms with Crippen molar-refractivity contribution in [2.24, 2.45) is 0 Å². The Balaban J connectivity index is 1.98. The minimum absolute atomic E-state index is 0.287. The van der Waals surface area contributed by atoms with Gasteiger partial charge in [-0.25, -0.2) is 0 Å². The summed E-state index contributed by atoms with van der Waals surface area (Å²) in [5.74, 6) is -0.444. The normalized spacial score (nSPS) is 11.6. The van der Waals surface area contributed by atoms with Gasteiger partial charge in [-0.15, -0.1) is 0 Å². The summed E-state index contributed by atoms with van der Waals surface area (Å²) in [5, 5.41) is 6.01. The molecule has 1 aromatic heterocycles. The van der Waals surface area contributed by atoms with Crippen LogP contribution in [0.15, 0.2) is 36.5 Å². The molecule has 0 atom stereocenters. The van der Waals surface area contributed by atoms with Crippen LogP contribution in [0.4, 0.5) is 24.5 Å². The Bertz CT molecular complexity index is 707. The molecule has 136 valence electrons. The number of nitrogens with zero attached hydrogens (tertiary/aromatic N) is 3. The van der Waals surface area contributed by atoms with Gasteiger partial charge in [0.2, 0.25) is 5.91 Å². The van der Waals surface area contributed by atoms with Gasteiger partial charge in [0.25, 0.3) is 0 Å². The van der Waals surface area contributed by atoms with E-state index in [0.717, 1.165) is 29.2 Å². The maximum absolute atomic E-state index is 12.5. The van der Waals surface area contributed by atoms with Gasteiger partial charge < -0.3 is 10.2 Å². The minimum atomic E-state index is -4.51. The summed E-state index contributed by atoms with van der Waals surface area (Å²) in [5.41, 5.74) is 0.604. The lowest BCUT2D eigenvalue weighted by atomic mass is 10.2. The van der Waals surface area contributed by atoms with Crippen molar-refractivity contribution in [2.75, 3.05) is 16.8 Å². The third-order valence-corrected chi connectivity index (χ3v) is 3.68. The van der Waals surface area contributed by atoms with Crippen molar-refractivity contribution in [1.82, 2.24) is 9.78 Å². The van der Waals surface area contributed by atoms with Crippen molar-refractivity contribution in [3.63, 3.8) is 0 Å². The van der Waals surface area contributed by atoms with Crippen LogP contribution < -0.4 is 10.2 Å². The fourth-order valence-corrected chi connectivity index (χ4v) is 2.53. The average Bonchev–Trinajstić information content (AvgIpc) is 2.98. The molecule has 0 unspecified atom stereocenters. The number of alkyl halides is 3. The number of anilines is 2. The predicted molar refractivity (Wildman–Crippen MR) is 90.5 cm³/mol. The highest BCUT2D eigenvalue weighted by Gasteiger charge is 2.33. The van der Waals surface area contributed by atoms with Gasteiger partial charge in [-0.1, -0.05) is 0 Å². The summed E-state index contributed by atoms with van der Waals surface area (Å²) < 4.78 is 38.4. The summed E-state index contributed by atoms with van der Waals surface area (Å²) in [6, 6.07) is 8.52. The van der Waals surface area contributed by atoms with E-state index < -0.39 is 17.8 Å². The number of benzene rings is 1. The summed E-state index contributed by atoms with van der Waals surface area (Å²) >= 11 is 0. The Hall–Kier alpha value is -2.51. The first-order valence-electron chi connectivity index (χ1n) is 7.98. The Morgan fingerprint density at radius 2 is 1.88 bits per heavy atom. The number of rotatable bonds is 6. The van der Waals surface area contributed by atoms with E-state index in [1.54, 1.807) is 12.1 Å². The molecule has 1 amide bonds. The van der Waals surface area contributed by atoms with Crippen LogP contribution in [-0.2, 0) is 17.5 Å². The van der Waals surface area contributed by atoms with Crippen LogP contribution in [0.2, 0.25) is 0 Å². The molecule has 1 N–H and O–H groups in total. The second-order valence-corrected chi connectivity index (χ2v) is 5.87. The molecule has 0 spiro atoms. The molecule has 1 aromatic carbocycles. The maximum atomic E-state index is 12.5. The number of halogens is 3. The van der Waals surface area contributed by atoms with Crippen LogP contribution in [0.5, 0.6) is 0 Å². The van der Waals surface area contributed by atoms with Crippen molar-refractivity contribution >= 4 is 17.3 Å². The van der Waals surface area contributed by atoms with Crippen molar-refractivity contribution in [3.05, 3.63) is 42.2 Å². The van der Waals surface area contributed by atoms with E-state index in [4.69, 9.17) is 0 Å². The summed E-state index contributed by atoms with van der Waals surface area (Å²) in [6.45, 7) is 6.83. The first-order chi connectivity index (χ1) is 11.7. The van der Waals surface area contributed by atoms with Crippen molar-refractivity contribution in [2.45, 2.75) is 39.5 Å². The van der Waals surface area contributed by atoms with Gasteiger partial charge in [0.1, 0.15) is 6.54 Å². The highest BCUT2D eigenvalue weighted by Crippen LogP contribution is 2.27. The molecule has 0 bridgehead atoms.